The Bertz CT molecular complexity index is 923. The maximum absolute atomic E-state index is 12.7. The molecule has 2 amide bonds. The smallest absolute Gasteiger partial charge is 0.326 e. The lowest BCUT2D eigenvalue weighted by atomic mass is 9.90. The Morgan fingerprint density at radius 2 is 1.81 bits per heavy atom. The van der Waals surface area contributed by atoms with Gasteiger partial charge in [-0.2, -0.15) is 0 Å². The first-order chi connectivity index (χ1) is 14.6. The zero-order valence-corrected chi connectivity index (χ0v) is 16.6. The zero-order chi connectivity index (χ0) is 23.1. The number of carbonyl (C=O) groups is 3. The number of amides is 2. The SMILES string of the molecule is CC(=O)N[C@@H](CC1C=CC(O)=C([N+](=O)[O-])C1)C(=O)N[C@@H](Cc1ccc(O)cc1)C(=O)O. The topological polar surface area (TPSA) is 179 Å². The fourth-order valence-electron chi connectivity index (χ4n) is 3.19. The molecule has 3 atom stereocenters. The van der Waals surface area contributed by atoms with E-state index in [0.717, 1.165) is 0 Å². The molecule has 1 aromatic carbocycles. The van der Waals surface area contributed by atoms with Gasteiger partial charge in [0, 0.05) is 19.8 Å². The minimum Gasteiger partial charge on any atom is -0.508 e. The molecule has 0 fully saturated rings. The molecular formula is C20H23N3O8. The summed E-state index contributed by atoms with van der Waals surface area (Å²) in [5.74, 6) is -3.56. The minimum absolute atomic E-state index is 0.0140. The van der Waals surface area contributed by atoms with Gasteiger partial charge in [0.05, 0.1) is 4.92 Å². The lowest BCUT2D eigenvalue weighted by molar-refractivity contribution is -0.431. The average molecular weight is 433 g/mol. The molecule has 0 heterocycles. The van der Waals surface area contributed by atoms with Crippen LogP contribution in [0.2, 0.25) is 0 Å². The van der Waals surface area contributed by atoms with Gasteiger partial charge < -0.3 is 26.0 Å². The van der Waals surface area contributed by atoms with Gasteiger partial charge in [0.2, 0.25) is 11.8 Å². The lowest BCUT2D eigenvalue weighted by Gasteiger charge is -2.24. The Morgan fingerprint density at radius 1 is 1.16 bits per heavy atom. The highest BCUT2D eigenvalue weighted by atomic mass is 16.6. The van der Waals surface area contributed by atoms with Crippen molar-refractivity contribution in [3.8, 4) is 5.75 Å². The number of aromatic hydroxyl groups is 1. The monoisotopic (exact) mass is 433 g/mol. The van der Waals surface area contributed by atoms with Crippen LogP contribution in [0.4, 0.5) is 0 Å². The van der Waals surface area contributed by atoms with E-state index in [0.29, 0.717) is 5.56 Å². The fraction of sp³-hybridized carbons (Fsp3) is 0.350. The molecule has 1 aliphatic rings. The second-order valence-electron chi connectivity index (χ2n) is 7.17. The number of rotatable bonds is 9. The summed E-state index contributed by atoms with van der Waals surface area (Å²) in [6.45, 7) is 1.19. The molecule has 31 heavy (non-hydrogen) atoms. The van der Waals surface area contributed by atoms with Crippen LogP contribution in [0, 0.1) is 16.0 Å². The molecule has 1 aromatic rings. The summed E-state index contributed by atoms with van der Waals surface area (Å²) >= 11 is 0. The van der Waals surface area contributed by atoms with Crippen LogP contribution in [-0.2, 0) is 20.8 Å². The molecule has 166 valence electrons. The Labute approximate surface area is 177 Å². The number of allylic oxidation sites excluding steroid dienone is 3. The Kier molecular flexibility index (Phi) is 7.72. The van der Waals surface area contributed by atoms with Gasteiger partial charge in [0.25, 0.3) is 5.70 Å². The Morgan fingerprint density at radius 3 is 2.35 bits per heavy atom. The van der Waals surface area contributed by atoms with Crippen LogP contribution in [0.5, 0.6) is 5.75 Å². The molecule has 11 heteroatoms. The number of phenolic OH excluding ortho intramolecular Hbond substituents is 1. The maximum atomic E-state index is 12.7. The number of carboxylic acid groups (broad SMARTS) is 1. The minimum atomic E-state index is -1.30. The molecule has 0 radical (unpaired) electrons. The number of hydrogen-bond donors (Lipinski definition) is 5. The van der Waals surface area contributed by atoms with E-state index < -0.39 is 52.2 Å². The van der Waals surface area contributed by atoms with Crippen LogP contribution in [0.1, 0.15) is 25.3 Å². The quantitative estimate of drug-likeness (QED) is 0.283. The predicted molar refractivity (Wildman–Crippen MR) is 107 cm³/mol. The number of benzene rings is 1. The van der Waals surface area contributed by atoms with Gasteiger partial charge in [0.15, 0.2) is 5.76 Å². The largest absolute Gasteiger partial charge is 0.508 e. The second kappa shape index (κ2) is 10.2. The first-order valence-corrected chi connectivity index (χ1v) is 9.39. The first kappa shape index (κ1) is 23.4. The van der Waals surface area contributed by atoms with Crippen LogP contribution >= 0.6 is 0 Å². The molecule has 1 aliphatic carbocycles. The van der Waals surface area contributed by atoms with Crippen molar-refractivity contribution in [1.82, 2.24) is 10.6 Å². The maximum Gasteiger partial charge on any atom is 0.326 e. The summed E-state index contributed by atoms with van der Waals surface area (Å²) in [6, 6.07) is 3.39. The number of nitro groups is 1. The van der Waals surface area contributed by atoms with Crippen molar-refractivity contribution < 1.29 is 34.6 Å². The van der Waals surface area contributed by atoms with Gasteiger partial charge in [-0.05, 0) is 36.1 Å². The molecule has 11 nitrogen and oxygen atoms in total. The van der Waals surface area contributed by atoms with Crippen LogP contribution in [0.3, 0.4) is 0 Å². The summed E-state index contributed by atoms with van der Waals surface area (Å²) < 4.78 is 0. The Hall–Kier alpha value is -3.89. The van der Waals surface area contributed by atoms with E-state index in [2.05, 4.69) is 10.6 Å². The van der Waals surface area contributed by atoms with Crippen molar-refractivity contribution in [2.45, 2.75) is 38.3 Å². The molecule has 5 N–H and O–H groups in total. The van der Waals surface area contributed by atoms with E-state index in [-0.39, 0.29) is 25.0 Å². The summed E-state index contributed by atoms with van der Waals surface area (Å²) in [6.07, 6.45) is 2.43. The van der Waals surface area contributed by atoms with Crippen LogP contribution in [-0.4, -0.2) is 50.1 Å². The number of carbonyl (C=O) groups excluding carboxylic acids is 2. The van der Waals surface area contributed by atoms with Crippen LogP contribution < -0.4 is 10.6 Å². The predicted octanol–water partition coefficient (Wildman–Crippen LogP) is 1.02. The summed E-state index contributed by atoms with van der Waals surface area (Å²) in [4.78, 5) is 46.3. The van der Waals surface area contributed by atoms with Gasteiger partial charge >= 0.3 is 5.97 Å². The van der Waals surface area contributed by atoms with Crippen LogP contribution in [0.25, 0.3) is 0 Å². The molecule has 0 saturated carbocycles. The molecule has 0 saturated heterocycles. The van der Waals surface area contributed by atoms with Crippen molar-refractivity contribution >= 4 is 17.8 Å². The highest BCUT2D eigenvalue weighted by molar-refractivity contribution is 5.90. The van der Waals surface area contributed by atoms with E-state index in [4.69, 9.17) is 0 Å². The third-order valence-corrected chi connectivity index (χ3v) is 4.72. The first-order valence-electron chi connectivity index (χ1n) is 9.39. The third kappa shape index (κ3) is 6.84. The third-order valence-electron chi connectivity index (χ3n) is 4.72. The number of aliphatic carboxylic acids is 1. The molecule has 0 aliphatic heterocycles. The molecule has 0 bridgehead atoms. The van der Waals surface area contributed by atoms with Crippen LogP contribution in [0.15, 0.2) is 47.9 Å². The van der Waals surface area contributed by atoms with Crippen molar-refractivity contribution in [1.29, 1.82) is 0 Å². The molecule has 1 unspecified atom stereocenters. The van der Waals surface area contributed by atoms with Gasteiger partial charge in [0.1, 0.15) is 17.8 Å². The zero-order valence-electron chi connectivity index (χ0n) is 16.6. The van der Waals surface area contributed by atoms with E-state index in [1.165, 1.54) is 43.3 Å². The van der Waals surface area contributed by atoms with E-state index >= 15 is 0 Å². The molecule has 2 rings (SSSR count). The van der Waals surface area contributed by atoms with Crippen molar-refractivity contribution in [2.75, 3.05) is 0 Å². The van der Waals surface area contributed by atoms with E-state index in [9.17, 15) is 39.8 Å². The van der Waals surface area contributed by atoms with Gasteiger partial charge in [-0.25, -0.2) is 4.79 Å². The van der Waals surface area contributed by atoms with E-state index in [1.54, 1.807) is 0 Å². The van der Waals surface area contributed by atoms with E-state index in [1.807, 2.05) is 0 Å². The number of carboxylic acids is 1. The summed E-state index contributed by atoms with van der Waals surface area (Å²) in [5, 5.41) is 44.3. The van der Waals surface area contributed by atoms with Crippen molar-refractivity contribution in [2.24, 2.45) is 5.92 Å². The number of nitrogens with zero attached hydrogens (tertiary/aromatic N) is 1. The number of aliphatic hydroxyl groups is 1. The van der Waals surface area contributed by atoms with Gasteiger partial charge in [-0.15, -0.1) is 0 Å². The van der Waals surface area contributed by atoms with Crippen molar-refractivity contribution in [3.05, 3.63) is 63.6 Å². The normalized spacial score (nSPS) is 17.5. The average Bonchev–Trinajstić information content (AvgIpc) is 2.69. The highest BCUT2D eigenvalue weighted by Gasteiger charge is 2.31. The molecular weight excluding hydrogens is 410 g/mol. The molecule has 0 spiro atoms. The Balaban J connectivity index is 2.11. The standard InChI is InChI=1S/C20H23N3O8/c1-11(24)21-15(9-13-4-7-18(26)17(10-13)23(30)31)19(27)22-16(20(28)29)8-12-2-5-14(25)6-3-12/h2-7,13,15-16,25-26H,8-10H2,1H3,(H,21,24)(H,22,27)(H,28,29)/t13?,15-,16-/m0/s1. The lowest BCUT2D eigenvalue weighted by Crippen LogP contribution is -2.52. The second-order valence-corrected chi connectivity index (χ2v) is 7.17. The van der Waals surface area contributed by atoms with Gasteiger partial charge in [-0.3, -0.25) is 19.7 Å². The highest BCUT2D eigenvalue weighted by Crippen LogP contribution is 2.26. The van der Waals surface area contributed by atoms with Crippen molar-refractivity contribution in [3.63, 3.8) is 0 Å². The number of nitrogens with one attached hydrogen (secondary N) is 2. The summed E-state index contributed by atoms with van der Waals surface area (Å²) in [5.41, 5.74) is 0.165. The number of phenols is 1. The summed E-state index contributed by atoms with van der Waals surface area (Å²) in [7, 11) is 0. The molecule has 0 aromatic heterocycles. The van der Waals surface area contributed by atoms with Gasteiger partial charge in [-0.1, -0.05) is 18.2 Å². The number of aliphatic hydroxyl groups excluding tert-OH is 1. The fourth-order valence-corrected chi connectivity index (χ4v) is 3.19. The number of hydrogen-bond acceptors (Lipinski definition) is 7.